The standard InChI is InChI=1S/C24H24O7/c1-27-22-9-7-15(11-23(22)28-2)19(25)13-30-24(26)14-29-16-8-10-21-18(12-16)17-5-3-4-6-20(17)31-21/h7-12H,3-6,13-14H2,1-2H3. The van der Waals surface area contributed by atoms with E-state index in [2.05, 4.69) is 0 Å². The van der Waals surface area contributed by atoms with E-state index in [-0.39, 0.29) is 19.0 Å². The van der Waals surface area contributed by atoms with Crippen LogP contribution in [-0.4, -0.2) is 39.2 Å². The second kappa shape index (κ2) is 9.12. The lowest BCUT2D eigenvalue weighted by Gasteiger charge is -2.10. The van der Waals surface area contributed by atoms with Gasteiger partial charge in [-0.1, -0.05) is 0 Å². The molecule has 31 heavy (non-hydrogen) atoms. The van der Waals surface area contributed by atoms with Crippen LogP contribution in [-0.2, 0) is 22.4 Å². The molecule has 7 heteroatoms. The summed E-state index contributed by atoms with van der Waals surface area (Å²) < 4.78 is 26.9. The van der Waals surface area contributed by atoms with Gasteiger partial charge in [0.1, 0.15) is 17.1 Å². The van der Waals surface area contributed by atoms with Gasteiger partial charge < -0.3 is 23.4 Å². The molecule has 0 N–H and O–H groups in total. The molecule has 0 fully saturated rings. The van der Waals surface area contributed by atoms with Crippen molar-refractivity contribution in [1.82, 2.24) is 0 Å². The fraction of sp³-hybridized carbons (Fsp3) is 0.333. The summed E-state index contributed by atoms with van der Waals surface area (Å²) in [5.41, 5.74) is 2.43. The molecule has 0 saturated heterocycles. The van der Waals surface area contributed by atoms with Crippen LogP contribution in [0.5, 0.6) is 17.2 Å². The molecule has 1 aliphatic carbocycles. The molecular weight excluding hydrogens is 400 g/mol. The zero-order chi connectivity index (χ0) is 21.8. The summed E-state index contributed by atoms with van der Waals surface area (Å²) in [6.07, 6.45) is 4.24. The third-order valence-electron chi connectivity index (χ3n) is 5.35. The molecular formula is C24H24O7. The average Bonchev–Trinajstić information content (AvgIpc) is 3.18. The van der Waals surface area contributed by atoms with E-state index in [9.17, 15) is 9.59 Å². The summed E-state index contributed by atoms with van der Waals surface area (Å²) in [5.74, 6) is 1.58. The lowest BCUT2D eigenvalue weighted by Crippen LogP contribution is -2.19. The summed E-state index contributed by atoms with van der Waals surface area (Å²) in [5, 5.41) is 1.03. The first-order valence-corrected chi connectivity index (χ1v) is 10.2. The Kier molecular flexibility index (Phi) is 6.11. The molecule has 0 amide bonds. The minimum atomic E-state index is -0.622. The maximum atomic E-state index is 12.3. The quantitative estimate of drug-likeness (QED) is 0.397. The number of carbonyl (C=O) groups is 2. The highest BCUT2D eigenvalue weighted by atomic mass is 16.6. The monoisotopic (exact) mass is 424 g/mol. The molecule has 3 aromatic rings. The van der Waals surface area contributed by atoms with Crippen molar-refractivity contribution < 1.29 is 33.0 Å². The van der Waals surface area contributed by atoms with Crippen LogP contribution in [0.15, 0.2) is 40.8 Å². The first-order valence-electron chi connectivity index (χ1n) is 10.2. The van der Waals surface area contributed by atoms with Gasteiger partial charge in [-0.2, -0.15) is 0 Å². The number of fused-ring (bicyclic) bond motifs is 3. The van der Waals surface area contributed by atoms with E-state index in [1.807, 2.05) is 12.1 Å². The van der Waals surface area contributed by atoms with Gasteiger partial charge in [0.05, 0.1) is 14.2 Å². The van der Waals surface area contributed by atoms with E-state index >= 15 is 0 Å². The third-order valence-corrected chi connectivity index (χ3v) is 5.35. The number of ketones is 1. The van der Waals surface area contributed by atoms with Crippen molar-refractivity contribution in [3.63, 3.8) is 0 Å². The first kappa shape index (κ1) is 20.8. The Bertz CT molecular complexity index is 1110. The zero-order valence-corrected chi connectivity index (χ0v) is 17.6. The van der Waals surface area contributed by atoms with Gasteiger partial charge in [0.2, 0.25) is 0 Å². The Labute approximate surface area is 179 Å². The summed E-state index contributed by atoms with van der Waals surface area (Å²) in [6, 6.07) is 10.3. The molecule has 0 spiro atoms. The molecule has 1 aliphatic rings. The maximum absolute atomic E-state index is 12.3. The minimum Gasteiger partial charge on any atom is -0.493 e. The van der Waals surface area contributed by atoms with Gasteiger partial charge in [0, 0.05) is 22.9 Å². The predicted molar refractivity (Wildman–Crippen MR) is 113 cm³/mol. The van der Waals surface area contributed by atoms with Crippen LogP contribution in [0.2, 0.25) is 0 Å². The Balaban J connectivity index is 1.33. The molecule has 1 aromatic heterocycles. The smallest absolute Gasteiger partial charge is 0.344 e. The Morgan fingerprint density at radius 3 is 2.55 bits per heavy atom. The lowest BCUT2D eigenvalue weighted by atomic mass is 9.96. The van der Waals surface area contributed by atoms with Crippen molar-refractivity contribution in [2.75, 3.05) is 27.4 Å². The molecule has 0 saturated carbocycles. The van der Waals surface area contributed by atoms with E-state index in [1.165, 1.54) is 19.8 Å². The van der Waals surface area contributed by atoms with Crippen molar-refractivity contribution >= 4 is 22.7 Å². The van der Waals surface area contributed by atoms with Crippen molar-refractivity contribution in [2.45, 2.75) is 25.7 Å². The summed E-state index contributed by atoms with van der Waals surface area (Å²) in [7, 11) is 3.00. The molecule has 0 atom stereocenters. The molecule has 0 aliphatic heterocycles. The van der Waals surface area contributed by atoms with Crippen molar-refractivity contribution in [2.24, 2.45) is 0 Å². The zero-order valence-electron chi connectivity index (χ0n) is 17.6. The number of carbonyl (C=O) groups excluding carboxylic acids is 2. The average molecular weight is 424 g/mol. The molecule has 0 radical (unpaired) electrons. The summed E-state index contributed by atoms with van der Waals surface area (Å²) in [4.78, 5) is 24.4. The number of aryl methyl sites for hydroxylation is 2. The number of Topliss-reactive ketones (excluding diaryl/α,β-unsaturated/α-hetero) is 1. The second-order valence-electron chi connectivity index (χ2n) is 7.31. The van der Waals surface area contributed by atoms with E-state index < -0.39 is 5.97 Å². The van der Waals surface area contributed by atoms with E-state index in [0.29, 0.717) is 22.8 Å². The fourth-order valence-electron chi connectivity index (χ4n) is 3.75. The molecule has 162 valence electrons. The molecule has 7 nitrogen and oxygen atoms in total. The topological polar surface area (TPSA) is 84.2 Å². The van der Waals surface area contributed by atoms with Gasteiger partial charge in [0.15, 0.2) is 30.5 Å². The minimum absolute atomic E-state index is 0.287. The predicted octanol–water partition coefficient (Wildman–Crippen LogP) is 4.13. The number of hydrogen-bond acceptors (Lipinski definition) is 7. The third kappa shape index (κ3) is 4.50. The first-order chi connectivity index (χ1) is 15.1. The highest BCUT2D eigenvalue weighted by Crippen LogP contribution is 2.34. The number of hydrogen-bond donors (Lipinski definition) is 0. The van der Waals surface area contributed by atoms with E-state index in [0.717, 1.165) is 42.4 Å². The van der Waals surface area contributed by atoms with E-state index in [1.54, 1.807) is 24.3 Å². The molecule has 0 unspecified atom stereocenters. The van der Waals surface area contributed by atoms with E-state index in [4.69, 9.17) is 23.4 Å². The number of ether oxygens (including phenoxy) is 4. The highest BCUT2D eigenvalue weighted by molar-refractivity contribution is 5.98. The Hall–Kier alpha value is -3.48. The fourth-order valence-corrected chi connectivity index (χ4v) is 3.75. The number of rotatable bonds is 8. The van der Waals surface area contributed by atoms with Gasteiger partial charge in [-0.25, -0.2) is 4.79 Å². The van der Waals surface area contributed by atoms with Crippen LogP contribution in [0.4, 0.5) is 0 Å². The second-order valence-corrected chi connectivity index (χ2v) is 7.31. The normalized spacial score (nSPS) is 12.8. The number of methoxy groups -OCH3 is 2. The maximum Gasteiger partial charge on any atom is 0.344 e. The SMILES string of the molecule is COc1ccc(C(=O)COC(=O)COc2ccc3oc4c(c3c2)CCCC4)cc1OC. The Morgan fingerprint density at radius 2 is 1.74 bits per heavy atom. The Morgan fingerprint density at radius 1 is 0.935 bits per heavy atom. The highest BCUT2D eigenvalue weighted by Gasteiger charge is 2.18. The van der Waals surface area contributed by atoms with Crippen LogP contribution in [0, 0.1) is 0 Å². The molecule has 0 bridgehead atoms. The van der Waals surface area contributed by atoms with Gasteiger partial charge in [-0.3, -0.25) is 4.79 Å². The van der Waals surface area contributed by atoms with Crippen LogP contribution >= 0.6 is 0 Å². The van der Waals surface area contributed by atoms with Crippen molar-refractivity contribution in [1.29, 1.82) is 0 Å². The largest absolute Gasteiger partial charge is 0.493 e. The lowest BCUT2D eigenvalue weighted by molar-refractivity contribution is -0.144. The number of benzene rings is 2. The van der Waals surface area contributed by atoms with Crippen molar-refractivity contribution in [3.05, 3.63) is 53.3 Å². The van der Waals surface area contributed by atoms with Crippen LogP contribution < -0.4 is 14.2 Å². The summed E-state index contributed by atoms with van der Waals surface area (Å²) in [6.45, 7) is -0.670. The number of esters is 1. The number of furan rings is 1. The molecule has 4 rings (SSSR count). The van der Waals surface area contributed by atoms with Gasteiger partial charge >= 0.3 is 5.97 Å². The molecule has 1 heterocycles. The van der Waals surface area contributed by atoms with Gasteiger partial charge in [0.25, 0.3) is 0 Å². The van der Waals surface area contributed by atoms with Crippen LogP contribution in [0.3, 0.4) is 0 Å². The van der Waals surface area contributed by atoms with Gasteiger partial charge in [-0.05, 0) is 55.7 Å². The summed E-state index contributed by atoms with van der Waals surface area (Å²) >= 11 is 0. The van der Waals surface area contributed by atoms with Crippen molar-refractivity contribution in [3.8, 4) is 17.2 Å². The van der Waals surface area contributed by atoms with Gasteiger partial charge in [-0.15, -0.1) is 0 Å². The molecule has 2 aromatic carbocycles. The van der Waals surface area contributed by atoms with Crippen LogP contribution in [0.25, 0.3) is 11.0 Å². The van der Waals surface area contributed by atoms with Crippen LogP contribution in [0.1, 0.15) is 34.5 Å².